The lowest BCUT2D eigenvalue weighted by Gasteiger charge is -2.28. The fraction of sp³-hybridized carbons (Fsp3) is 0.176. The highest BCUT2D eigenvalue weighted by molar-refractivity contribution is 6.50. The molecule has 2 heterocycles. The van der Waals surface area contributed by atoms with Gasteiger partial charge in [0.15, 0.2) is 5.71 Å². The van der Waals surface area contributed by atoms with E-state index in [-0.39, 0.29) is 23.4 Å². The number of hydrogen-bond donors (Lipinski definition) is 3. The summed E-state index contributed by atoms with van der Waals surface area (Å²) < 4.78 is 5.36. The number of pyridine rings is 1. The average molecular weight is 369 g/mol. The molecule has 1 aliphatic rings. The second kappa shape index (κ2) is 7.87. The van der Waals surface area contributed by atoms with Gasteiger partial charge in [-0.15, -0.1) is 0 Å². The molecule has 0 saturated carbocycles. The van der Waals surface area contributed by atoms with Crippen LogP contribution in [-0.4, -0.2) is 52.9 Å². The van der Waals surface area contributed by atoms with Crippen LogP contribution in [0, 0.1) is 0 Å². The van der Waals surface area contributed by atoms with Crippen molar-refractivity contribution in [1.82, 2.24) is 10.3 Å². The molecule has 0 radical (unpaired) electrons. The summed E-state index contributed by atoms with van der Waals surface area (Å²) in [5.74, 6) is -2.45. The Labute approximate surface area is 154 Å². The topological polar surface area (TPSA) is 130 Å². The highest BCUT2D eigenvalue weighted by Crippen LogP contribution is 2.30. The van der Waals surface area contributed by atoms with Gasteiger partial charge in [-0.3, -0.25) is 9.78 Å². The molecule has 10 heteroatoms. The summed E-state index contributed by atoms with van der Waals surface area (Å²) in [6, 6.07) is 7.94. The second-order valence-corrected chi connectivity index (χ2v) is 5.76. The van der Waals surface area contributed by atoms with Crippen molar-refractivity contribution in [3.05, 3.63) is 59.4 Å². The Balaban J connectivity index is 1.82. The van der Waals surface area contributed by atoms with Gasteiger partial charge < -0.3 is 24.9 Å². The SMILES string of the molecule is CON=C(C(=O)NC1Cc2cccc(C(=O)O)c2OB1O)c1cccnc1. The number of aromatic nitrogens is 1. The van der Waals surface area contributed by atoms with Gasteiger partial charge in [0, 0.05) is 18.0 Å². The lowest BCUT2D eigenvalue weighted by molar-refractivity contribution is -0.115. The van der Waals surface area contributed by atoms with E-state index in [1.54, 1.807) is 30.5 Å². The number of rotatable bonds is 5. The summed E-state index contributed by atoms with van der Waals surface area (Å²) in [5, 5.41) is 25.8. The molecule has 1 unspecified atom stereocenters. The van der Waals surface area contributed by atoms with Crippen molar-refractivity contribution in [3.63, 3.8) is 0 Å². The fourth-order valence-corrected chi connectivity index (χ4v) is 2.77. The summed E-state index contributed by atoms with van der Waals surface area (Å²) >= 11 is 0. The number of carboxylic acid groups (broad SMARTS) is 1. The number of oxime groups is 1. The van der Waals surface area contributed by atoms with E-state index in [4.69, 9.17) is 9.49 Å². The van der Waals surface area contributed by atoms with Crippen LogP contribution < -0.4 is 9.97 Å². The number of fused-ring (bicyclic) bond motifs is 1. The number of carbonyl (C=O) groups excluding carboxylic acids is 1. The van der Waals surface area contributed by atoms with E-state index in [1.807, 2.05) is 0 Å². The van der Waals surface area contributed by atoms with Crippen LogP contribution in [0.1, 0.15) is 21.5 Å². The molecule has 138 valence electrons. The van der Waals surface area contributed by atoms with Crippen LogP contribution in [0.4, 0.5) is 0 Å². The number of para-hydroxylation sites is 1. The molecular formula is C17H16BN3O6. The summed E-state index contributed by atoms with van der Waals surface area (Å²) in [4.78, 5) is 32.6. The fourth-order valence-electron chi connectivity index (χ4n) is 2.77. The molecule has 1 aromatic heterocycles. The zero-order valence-corrected chi connectivity index (χ0v) is 14.3. The van der Waals surface area contributed by atoms with E-state index >= 15 is 0 Å². The molecule has 3 N–H and O–H groups in total. The van der Waals surface area contributed by atoms with Gasteiger partial charge in [0.2, 0.25) is 0 Å². The number of nitrogens with zero attached hydrogens (tertiary/aromatic N) is 2. The first-order valence-electron chi connectivity index (χ1n) is 8.03. The summed E-state index contributed by atoms with van der Waals surface area (Å²) in [6.07, 6.45) is 3.21. The normalized spacial score (nSPS) is 16.1. The van der Waals surface area contributed by atoms with Gasteiger partial charge in [-0.1, -0.05) is 17.3 Å². The first-order valence-corrected chi connectivity index (χ1v) is 8.03. The Morgan fingerprint density at radius 1 is 1.37 bits per heavy atom. The van der Waals surface area contributed by atoms with E-state index in [9.17, 15) is 19.7 Å². The van der Waals surface area contributed by atoms with Gasteiger partial charge in [-0.05, 0) is 30.2 Å². The van der Waals surface area contributed by atoms with Crippen molar-refractivity contribution in [2.75, 3.05) is 7.11 Å². The standard InChI is InChI=1S/C17H16BN3O6/c1-26-21-14(11-5-3-7-19-9-11)16(22)20-13-8-10-4-2-6-12(17(23)24)15(10)27-18(13)25/h2-7,9,13,25H,8H2,1H3,(H,20,22)(H,23,24). The van der Waals surface area contributed by atoms with Gasteiger partial charge in [-0.2, -0.15) is 0 Å². The quantitative estimate of drug-likeness (QED) is 0.392. The molecule has 27 heavy (non-hydrogen) atoms. The molecular weight excluding hydrogens is 353 g/mol. The molecule has 0 aliphatic carbocycles. The highest BCUT2D eigenvalue weighted by Gasteiger charge is 2.38. The maximum absolute atomic E-state index is 12.6. The molecule has 9 nitrogen and oxygen atoms in total. The molecule has 0 saturated heterocycles. The molecule has 1 atom stereocenters. The van der Waals surface area contributed by atoms with Gasteiger partial charge >= 0.3 is 13.1 Å². The zero-order chi connectivity index (χ0) is 19.4. The molecule has 0 spiro atoms. The molecule has 0 bridgehead atoms. The number of benzene rings is 1. The van der Waals surface area contributed by atoms with Crippen LogP contribution in [0.3, 0.4) is 0 Å². The van der Waals surface area contributed by atoms with Gasteiger partial charge in [-0.25, -0.2) is 4.79 Å². The van der Waals surface area contributed by atoms with Gasteiger partial charge in [0.25, 0.3) is 5.91 Å². The van der Waals surface area contributed by atoms with E-state index in [0.29, 0.717) is 11.1 Å². The maximum atomic E-state index is 12.6. The van der Waals surface area contributed by atoms with Gasteiger partial charge in [0.1, 0.15) is 12.9 Å². The third kappa shape index (κ3) is 3.90. The molecule has 0 fully saturated rings. The minimum atomic E-state index is -1.42. The smallest absolute Gasteiger partial charge is 0.534 e. The molecule has 1 aliphatic heterocycles. The predicted molar refractivity (Wildman–Crippen MR) is 95.4 cm³/mol. The van der Waals surface area contributed by atoms with Crippen molar-refractivity contribution in [3.8, 4) is 5.75 Å². The first kappa shape index (κ1) is 18.4. The number of carbonyl (C=O) groups is 2. The lowest BCUT2D eigenvalue weighted by atomic mass is 9.72. The first-order chi connectivity index (χ1) is 13.0. The summed E-state index contributed by atoms with van der Waals surface area (Å²) in [7, 11) is -0.106. The zero-order valence-electron chi connectivity index (χ0n) is 14.3. The summed E-state index contributed by atoms with van der Waals surface area (Å²) in [6.45, 7) is 0. The van der Waals surface area contributed by atoms with Gasteiger partial charge in [0.05, 0.1) is 11.5 Å². The molecule has 1 aromatic carbocycles. The largest absolute Gasteiger partial charge is 0.547 e. The van der Waals surface area contributed by atoms with E-state index < -0.39 is 24.9 Å². The average Bonchev–Trinajstić information content (AvgIpc) is 2.66. The van der Waals surface area contributed by atoms with E-state index in [2.05, 4.69) is 15.5 Å². The lowest BCUT2D eigenvalue weighted by Crippen LogP contribution is -2.54. The molecule has 1 amide bonds. The number of nitrogens with one attached hydrogen (secondary N) is 1. The van der Waals surface area contributed by atoms with Crippen LogP contribution in [0.25, 0.3) is 0 Å². The summed E-state index contributed by atoms with van der Waals surface area (Å²) in [5.41, 5.74) is 0.949. The molecule has 2 aromatic rings. The Kier molecular flexibility index (Phi) is 5.37. The predicted octanol–water partition coefficient (Wildman–Crippen LogP) is 0.270. The second-order valence-electron chi connectivity index (χ2n) is 5.76. The highest BCUT2D eigenvalue weighted by atomic mass is 16.6. The van der Waals surface area contributed by atoms with Crippen LogP contribution in [-0.2, 0) is 16.1 Å². The van der Waals surface area contributed by atoms with Crippen molar-refractivity contribution < 1.29 is 29.2 Å². The van der Waals surface area contributed by atoms with Crippen molar-refractivity contribution in [2.24, 2.45) is 5.16 Å². The molecule has 3 rings (SSSR count). The monoisotopic (exact) mass is 369 g/mol. The maximum Gasteiger partial charge on any atom is 0.547 e. The van der Waals surface area contributed by atoms with E-state index in [0.717, 1.165) is 0 Å². The Bertz CT molecular complexity index is 889. The van der Waals surface area contributed by atoms with Crippen molar-refractivity contribution in [1.29, 1.82) is 0 Å². The number of aromatic carboxylic acids is 1. The number of hydrogen-bond acceptors (Lipinski definition) is 7. The third-order valence-electron chi connectivity index (χ3n) is 4.00. The van der Waals surface area contributed by atoms with Crippen molar-refractivity contribution in [2.45, 2.75) is 12.4 Å². The van der Waals surface area contributed by atoms with Crippen molar-refractivity contribution >= 4 is 24.7 Å². The van der Waals surface area contributed by atoms with Crippen LogP contribution in [0.2, 0.25) is 0 Å². The minimum Gasteiger partial charge on any atom is -0.534 e. The number of amides is 1. The van der Waals surface area contributed by atoms with Crippen LogP contribution >= 0.6 is 0 Å². The van der Waals surface area contributed by atoms with Crippen LogP contribution in [0.5, 0.6) is 5.75 Å². The Morgan fingerprint density at radius 2 is 2.19 bits per heavy atom. The van der Waals surface area contributed by atoms with E-state index in [1.165, 1.54) is 19.4 Å². The number of carboxylic acids is 1. The Hall–Kier alpha value is -3.40. The third-order valence-corrected chi connectivity index (χ3v) is 4.00. The Morgan fingerprint density at radius 3 is 2.85 bits per heavy atom. The van der Waals surface area contributed by atoms with Crippen LogP contribution in [0.15, 0.2) is 47.9 Å². The minimum absolute atomic E-state index is 0.0112.